The van der Waals surface area contributed by atoms with Crippen LogP contribution in [0, 0.1) is 0 Å². The van der Waals surface area contributed by atoms with Gasteiger partial charge >= 0.3 is 0 Å². The molecule has 0 saturated carbocycles. The van der Waals surface area contributed by atoms with E-state index in [0.29, 0.717) is 24.6 Å². The van der Waals surface area contributed by atoms with Gasteiger partial charge in [-0.25, -0.2) is 0 Å². The van der Waals surface area contributed by atoms with Crippen LogP contribution < -0.4 is 0 Å². The summed E-state index contributed by atoms with van der Waals surface area (Å²) in [5.41, 5.74) is 0. The first kappa shape index (κ1) is 14.4. The largest absolute Gasteiger partial charge is 0.459 e. The van der Waals surface area contributed by atoms with Crippen molar-refractivity contribution >= 4 is 11.8 Å². The summed E-state index contributed by atoms with van der Waals surface area (Å²) in [6.45, 7) is 4.80. The van der Waals surface area contributed by atoms with E-state index in [1.54, 1.807) is 34.1 Å². The van der Waals surface area contributed by atoms with Gasteiger partial charge in [0.2, 0.25) is 0 Å². The van der Waals surface area contributed by atoms with Crippen molar-refractivity contribution in [3.8, 4) is 0 Å². The Labute approximate surface area is 128 Å². The maximum absolute atomic E-state index is 12.5. The minimum atomic E-state index is -0.145. The van der Waals surface area contributed by atoms with E-state index in [0.717, 1.165) is 0 Å². The van der Waals surface area contributed by atoms with Gasteiger partial charge in [0, 0.05) is 25.2 Å². The first-order valence-electron chi connectivity index (χ1n) is 7.27. The molecular weight excluding hydrogens is 284 g/mol. The second kappa shape index (κ2) is 5.71. The number of hydrogen-bond acceptors (Lipinski definition) is 4. The van der Waals surface area contributed by atoms with E-state index in [1.807, 2.05) is 13.8 Å². The van der Waals surface area contributed by atoms with E-state index in [1.165, 1.54) is 12.5 Å². The van der Waals surface area contributed by atoms with Gasteiger partial charge in [0.05, 0.1) is 12.5 Å². The molecule has 1 aliphatic rings. The Morgan fingerprint density at radius 3 is 1.91 bits per heavy atom. The van der Waals surface area contributed by atoms with Crippen molar-refractivity contribution in [2.45, 2.75) is 25.9 Å². The van der Waals surface area contributed by atoms with Crippen LogP contribution in [0.25, 0.3) is 0 Å². The molecule has 2 aromatic heterocycles. The summed E-state index contributed by atoms with van der Waals surface area (Å²) in [5.74, 6) is 0.360. The predicted octanol–water partition coefficient (Wildman–Crippen LogP) is 2.25. The average molecular weight is 302 g/mol. The van der Waals surface area contributed by atoms with Crippen molar-refractivity contribution in [1.82, 2.24) is 9.80 Å². The number of carbonyl (C=O) groups excluding carboxylic acids is 2. The van der Waals surface area contributed by atoms with Gasteiger partial charge in [-0.2, -0.15) is 0 Å². The lowest BCUT2D eigenvalue weighted by Crippen LogP contribution is -2.59. The quantitative estimate of drug-likeness (QED) is 0.853. The van der Waals surface area contributed by atoms with Crippen LogP contribution in [0.2, 0.25) is 0 Å². The van der Waals surface area contributed by atoms with Gasteiger partial charge in [-0.15, -0.1) is 0 Å². The summed E-state index contributed by atoms with van der Waals surface area (Å²) in [7, 11) is 0. The highest BCUT2D eigenvalue weighted by Crippen LogP contribution is 2.21. The van der Waals surface area contributed by atoms with Crippen molar-refractivity contribution in [3.63, 3.8) is 0 Å². The van der Waals surface area contributed by atoms with Crippen molar-refractivity contribution in [2.24, 2.45) is 0 Å². The lowest BCUT2D eigenvalue weighted by atomic mass is 10.1. The summed E-state index contributed by atoms with van der Waals surface area (Å²) in [6.07, 6.45) is 2.97. The third-order valence-corrected chi connectivity index (χ3v) is 3.90. The standard InChI is InChI=1S/C16H18N2O4/c1-11-9-17(15(19)13-5-3-7-21-13)10-12(2)18(11)16(20)14-6-4-8-22-14/h3-8,11-12H,9-10H2,1-2H3/t11-,12+. The first-order chi connectivity index (χ1) is 10.6. The molecule has 2 aromatic rings. The third-order valence-electron chi connectivity index (χ3n) is 3.90. The van der Waals surface area contributed by atoms with Crippen LogP contribution >= 0.6 is 0 Å². The molecule has 0 unspecified atom stereocenters. The SMILES string of the molecule is C[C@@H]1CN(C(=O)c2ccco2)C[C@H](C)N1C(=O)c1ccco1. The first-order valence-corrected chi connectivity index (χ1v) is 7.27. The molecule has 2 atom stereocenters. The number of rotatable bonds is 2. The van der Waals surface area contributed by atoms with Crippen LogP contribution in [0.3, 0.4) is 0 Å². The minimum absolute atomic E-state index is 0.0970. The monoisotopic (exact) mass is 302 g/mol. The molecule has 1 fully saturated rings. The lowest BCUT2D eigenvalue weighted by molar-refractivity contribution is 0.0223. The van der Waals surface area contributed by atoms with Crippen LogP contribution in [0.1, 0.15) is 35.0 Å². The van der Waals surface area contributed by atoms with Crippen molar-refractivity contribution in [3.05, 3.63) is 48.3 Å². The summed E-state index contributed by atoms with van der Waals surface area (Å²) in [4.78, 5) is 28.4. The number of nitrogens with zero attached hydrogens (tertiary/aromatic N) is 2. The Morgan fingerprint density at radius 2 is 1.45 bits per heavy atom. The second-order valence-corrected chi connectivity index (χ2v) is 5.58. The number of furan rings is 2. The fourth-order valence-corrected chi connectivity index (χ4v) is 2.97. The van der Waals surface area contributed by atoms with Crippen LogP contribution in [0.15, 0.2) is 45.6 Å². The fourth-order valence-electron chi connectivity index (χ4n) is 2.97. The highest BCUT2D eigenvalue weighted by molar-refractivity contribution is 5.93. The van der Waals surface area contributed by atoms with Gasteiger partial charge in [0.1, 0.15) is 0 Å². The minimum Gasteiger partial charge on any atom is -0.459 e. The molecule has 2 amide bonds. The van der Waals surface area contributed by atoms with Gasteiger partial charge in [-0.1, -0.05) is 0 Å². The topological polar surface area (TPSA) is 66.9 Å². The Bertz CT molecular complexity index is 636. The summed E-state index contributed by atoms with van der Waals surface area (Å²) in [5, 5.41) is 0. The van der Waals surface area contributed by atoms with Gasteiger partial charge in [0.15, 0.2) is 11.5 Å². The Kier molecular flexibility index (Phi) is 3.75. The summed E-state index contributed by atoms with van der Waals surface area (Å²) < 4.78 is 10.4. The molecule has 6 nitrogen and oxygen atoms in total. The molecule has 22 heavy (non-hydrogen) atoms. The number of piperazine rings is 1. The maximum atomic E-state index is 12.5. The molecule has 6 heteroatoms. The molecule has 3 heterocycles. The molecule has 0 radical (unpaired) electrons. The van der Waals surface area contributed by atoms with Gasteiger partial charge in [-0.05, 0) is 38.1 Å². The second-order valence-electron chi connectivity index (χ2n) is 5.58. The molecule has 116 valence electrons. The molecule has 0 aliphatic carbocycles. The summed E-state index contributed by atoms with van der Waals surface area (Å²) >= 11 is 0. The van der Waals surface area contributed by atoms with Crippen molar-refractivity contribution < 1.29 is 18.4 Å². The molecule has 0 N–H and O–H groups in total. The average Bonchev–Trinajstić information content (AvgIpc) is 3.18. The van der Waals surface area contributed by atoms with E-state index in [2.05, 4.69) is 0 Å². The fraction of sp³-hybridized carbons (Fsp3) is 0.375. The van der Waals surface area contributed by atoms with Gasteiger partial charge < -0.3 is 18.6 Å². The van der Waals surface area contributed by atoms with Crippen LogP contribution in [-0.2, 0) is 0 Å². The van der Waals surface area contributed by atoms with Gasteiger partial charge in [0.25, 0.3) is 11.8 Å². The van der Waals surface area contributed by atoms with E-state index < -0.39 is 0 Å². The zero-order valence-corrected chi connectivity index (χ0v) is 12.6. The predicted molar refractivity (Wildman–Crippen MR) is 78.4 cm³/mol. The van der Waals surface area contributed by atoms with Crippen molar-refractivity contribution in [1.29, 1.82) is 0 Å². The van der Waals surface area contributed by atoms with Crippen molar-refractivity contribution in [2.75, 3.05) is 13.1 Å². The van der Waals surface area contributed by atoms with Crippen LogP contribution in [-0.4, -0.2) is 46.8 Å². The smallest absolute Gasteiger partial charge is 0.290 e. The summed E-state index contributed by atoms with van der Waals surface area (Å²) in [6, 6.07) is 6.50. The Balaban J connectivity index is 1.74. The third kappa shape index (κ3) is 2.52. The molecule has 0 aromatic carbocycles. The molecular formula is C16H18N2O4. The van der Waals surface area contributed by atoms with E-state index in [4.69, 9.17) is 8.83 Å². The zero-order chi connectivity index (χ0) is 15.7. The lowest BCUT2D eigenvalue weighted by Gasteiger charge is -2.43. The van der Waals surface area contributed by atoms with E-state index >= 15 is 0 Å². The number of amides is 2. The number of carbonyl (C=O) groups is 2. The highest BCUT2D eigenvalue weighted by atomic mass is 16.3. The zero-order valence-electron chi connectivity index (χ0n) is 12.6. The molecule has 0 spiro atoms. The molecule has 3 rings (SSSR count). The van der Waals surface area contributed by atoms with E-state index in [-0.39, 0.29) is 23.9 Å². The maximum Gasteiger partial charge on any atom is 0.290 e. The van der Waals surface area contributed by atoms with E-state index in [9.17, 15) is 9.59 Å². The Morgan fingerprint density at radius 1 is 0.955 bits per heavy atom. The highest BCUT2D eigenvalue weighted by Gasteiger charge is 2.36. The van der Waals surface area contributed by atoms with Crippen LogP contribution in [0.4, 0.5) is 0 Å². The molecule has 0 bridgehead atoms. The van der Waals surface area contributed by atoms with Gasteiger partial charge in [-0.3, -0.25) is 9.59 Å². The molecule has 1 saturated heterocycles. The normalized spacial score (nSPS) is 21.9. The Hall–Kier alpha value is -2.50. The number of hydrogen-bond donors (Lipinski definition) is 0. The molecule has 1 aliphatic heterocycles. The van der Waals surface area contributed by atoms with Crippen LogP contribution in [0.5, 0.6) is 0 Å².